The molecule has 26 heavy (non-hydrogen) atoms. The molecule has 4 N–H and O–H groups in total. The molecule has 0 spiro atoms. The number of nitrogens with zero attached hydrogens (tertiary/aromatic N) is 1. The molecule has 7 nitrogen and oxygen atoms in total. The molecule has 0 saturated heterocycles. The van der Waals surface area contributed by atoms with Gasteiger partial charge in [-0.2, -0.15) is 0 Å². The summed E-state index contributed by atoms with van der Waals surface area (Å²) in [6.07, 6.45) is 2.06. The van der Waals surface area contributed by atoms with E-state index in [9.17, 15) is 14.7 Å². The quantitative estimate of drug-likeness (QED) is 0.527. The Morgan fingerprint density at radius 3 is 2.46 bits per heavy atom. The number of hydrogen-bond acceptors (Lipinski definition) is 4. The lowest BCUT2D eigenvalue weighted by Gasteiger charge is -2.42. The van der Waals surface area contributed by atoms with Gasteiger partial charge < -0.3 is 20.8 Å². The summed E-state index contributed by atoms with van der Waals surface area (Å²) in [5.74, 6) is -0.831. The van der Waals surface area contributed by atoms with Crippen molar-refractivity contribution in [2.75, 3.05) is 19.7 Å². The first kappa shape index (κ1) is 20.2. The molecular formula is C19H29N3O4. The van der Waals surface area contributed by atoms with E-state index in [1.54, 1.807) is 0 Å². The van der Waals surface area contributed by atoms with Gasteiger partial charge in [-0.05, 0) is 38.3 Å². The molecule has 1 aromatic rings. The van der Waals surface area contributed by atoms with E-state index < -0.39 is 5.97 Å². The van der Waals surface area contributed by atoms with Gasteiger partial charge >= 0.3 is 12.0 Å². The number of carboxylic acid groups (broad SMARTS) is 1. The number of carbonyl (C=O) groups is 2. The maximum absolute atomic E-state index is 12.1. The van der Waals surface area contributed by atoms with Crippen molar-refractivity contribution >= 4 is 12.0 Å². The number of aliphatic hydroxyl groups is 1. The smallest absolute Gasteiger partial charge is 0.317 e. The monoisotopic (exact) mass is 363 g/mol. The van der Waals surface area contributed by atoms with E-state index in [1.807, 2.05) is 43.0 Å². The third-order valence-electron chi connectivity index (χ3n) is 4.87. The molecular weight excluding hydrogens is 334 g/mol. The number of hydrogen-bond donors (Lipinski definition) is 4. The van der Waals surface area contributed by atoms with Crippen molar-refractivity contribution in [3.05, 3.63) is 35.4 Å². The topological polar surface area (TPSA) is 102 Å². The molecule has 1 aromatic carbocycles. The van der Waals surface area contributed by atoms with Crippen LogP contribution < -0.4 is 10.6 Å². The van der Waals surface area contributed by atoms with Crippen LogP contribution in [0.5, 0.6) is 0 Å². The molecule has 0 bridgehead atoms. The average molecular weight is 363 g/mol. The lowest BCUT2D eigenvalue weighted by atomic mass is 9.85. The van der Waals surface area contributed by atoms with E-state index in [-0.39, 0.29) is 37.3 Å². The molecule has 1 unspecified atom stereocenters. The largest absolute Gasteiger partial charge is 0.480 e. The molecule has 2 rings (SSSR count). The molecule has 7 heteroatoms. The fourth-order valence-electron chi connectivity index (χ4n) is 3.26. The summed E-state index contributed by atoms with van der Waals surface area (Å²) in [6, 6.07) is 7.62. The fourth-order valence-corrected chi connectivity index (χ4v) is 3.26. The first-order valence-corrected chi connectivity index (χ1v) is 9.10. The van der Waals surface area contributed by atoms with Crippen LogP contribution in [0.25, 0.3) is 0 Å². The summed E-state index contributed by atoms with van der Waals surface area (Å²) < 4.78 is 0. The van der Waals surface area contributed by atoms with Crippen LogP contribution >= 0.6 is 0 Å². The lowest BCUT2D eigenvalue weighted by Crippen LogP contribution is -2.57. The van der Waals surface area contributed by atoms with Gasteiger partial charge in [0.25, 0.3) is 0 Å². The van der Waals surface area contributed by atoms with Crippen molar-refractivity contribution in [3.8, 4) is 0 Å². The van der Waals surface area contributed by atoms with Crippen LogP contribution in [0.4, 0.5) is 4.79 Å². The number of nitrogens with one attached hydrogen (secondary N) is 2. The van der Waals surface area contributed by atoms with E-state index in [1.165, 1.54) is 5.56 Å². The van der Waals surface area contributed by atoms with Crippen molar-refractivity contribution < 1.29 is 19.8 Å². The number of benzene rings is 1. The normalized spacial score (nSPS) is 20.3. The van der Waals surface area contributed by atoms with Crippen molar-refractivity contribution in [3.63, 3.8) is 0 Å². The number of likely N-dealkylation sites (N-methyl/N-ethyl adjacent to an activating group) is 1. The maximum Gasteiger partial charge on any atom is 0.317 e. The van der Waals surface area contributed by atoms with Crippen LogP contribution in [0.1, 0.15) is 30.9 Å². The third-order valence-corrected chi connectivity index (χ3v) is 4.87. The Kier molecular flexibility index (Phi) is 7.41. The maximum atomic E-state index is 12.1. The Bertz CT molecular complexity index is 599. The van der Waals surface area contributed by atoms with Gasteiger partial charge in [-0.3, -0.25) is 9.69 Å². The number of carboxylic acids is 1. The minimum Gasteiger partial charge on any atom is -0.480 e. The molecule has 1 saturated carbocycles. The van der Waals surface area contributed by atoms with Gasteiger partial charge in [0.2, 0.25) is 0 Å². The van der Waals surface area contributed by atoms with Crippen LogP contribution in [-0.2, 0) is 11.2 Å². The molecule has 0 radical (unpaired) electrons. The second-order valence-corrected chi connectivity index (χ2v) is 6.97. The Balaban J connectivity index is 1.74. The number of urea groups is 1. The standard InChI is InChI=1S/C19H29N3O4/c1-3-22(11-18(24)25)17-9-15(10-17)20-19(26)21-16(12-23)8-14-6-4-13(2)5-7-14/h4-7,15-17,23H,3,8-12H2,1-2H3,(H,24,25)(H2,20,21,26). The minimum atomic E-state index is -0.831. The summed E-state index contributed by atoms with van der Waals surface area (Å²) in [4.78, 5) is 24.9. The van der Waals surface area contributed by atoms with Crippen molar-refractivity contribution in [2.24, 2.45) is 0 Å². The Labute approximate surface area is 154 Å². The van der Waals surface area contributed by atoms with Crippen LogP contribution in [0.2, 0.25) is 0 Å². The lowest BCUT2D eigenvalue weighted by molar-refractivity contribution is -0.139. The second-order valence-electron chi connectivity index (χ2n) is 6.97. The van der Waals surface area contributed by atoms with Crippen LogP contribution in [-0.4, -0.2) is 64.9 Å². The number of aliphatic carboxylic acids is 1. The van der Waals surface area contributed by atoms with E-state index in [2.05, 4.69) is 10.6 Å². The highest BCUT2D eigenvalue weighted by Crippen LogP contribution is 2.25. The Morgan fingerprint density at radius 1 is 1.27 bits per heavy atom. The molecule has 0 heterocycles. The molecule has 1 aliphatic rings. The van der Waals surface area contributed by atoms with Crippen LogP contribution in [0.3, 0.4) is 0 Å². The number of aliphatic hydroxyl groups excluding tert-OH is 1. The van der Waals surface area contributed by atoms with Crippen LogP contribution in [0.15, 0.2) is 24.3 Å². The highest BCUT2D eigenvalue weighted by Gasteiger charge is 2.34. The number of rotatable bonds is 9. The van der Waals surface area contributed by atoms with Gasteiger partial charge in [0.1, 0.15) is 0 Å². The van der Waals surface area contributed by atoms with E-state index in [0.29, 0.717) is 13.0 Å². The minimum absolute atomic E-state index is 0.0310. The zero-order chi connectivity index (χ0) is 19.1. The molecule has 0 aliphatic heterocycles. The summed E-state index contributed by atoms with van der Waals surface area (Å²) in [5.41, 5.74) is 2.23. The first-order valence-electron chi connectivity index (χ1n) is 9.10. The first-order chi connectivity index (χ1) is 12.4. The van der Waals surface area contributed by atoms with E-state index >= 15 is 0 Å². The second kappa shape index (κ2) is 9.54. The van der Waals surface area contributed by atoms with Gasteiger partial charge in [0.05, 0.1) is 19.2 Å². The molecule has 0 aromatic heterocycles. The van der Waals surface area contributed by atoms with Gasteiger partial charge in [-0.1, -0.05) is 36.8 Å². The zero-order valence-corrected chi connectivity index (χ0v) is 15.4. The summed E-state index contributed by atoms with van der Waals surface area (Å²) in [5, 5.41) is 24.1. The zero-order valence-electron chi connectivity index (χ0n) is 15.4. The van der Waals surface area contributed by atoms with Crippen molar-refractivity contribution in [1.29, 1.82) is 0 Å². The van der Waals surface area contributed by atoms with Gasteiger partial charge in [0, 0.05) is 12.1 Å². The van der Waals surface area contributed by atoms with E-state index in [4.69, 9.17) is 5.11 Å². The third kappa shape index (κ3) is 6.00. The predicted molar refractivity (Wildman–Crippen MR) is 99.1 cm³/mol. The van der Waals surface area contributed by atoms with Gasteiger partial charge in [-0.25, -0.2) is 4.79 Å². The molecule has 2 amide bonds. The number of amides is 2. The van der Waals surface area contributed by atoms with Gasteiger partial charge in [-0.15, -0.1) is 0 Å². The predicted octanol–water partition coefficient (Wildman–Crippen LogP) is 1.14. The van der Waals surface area contributed by atoms with E-state index in [0.717, 1.165) is 18.4 Å². The SMILES string of the molecule is CCN(CC(=O)O)C1CC(NC(=O)NC(CO)Cc2ccc(C)cc2)C1. The Hall–Kier alpha value is -2.12. The van der Waals surface area contributed by atoms with Crippen molar-refractivity contribution in [1.82, 2.24) is 15.5 Å². The molecule has 1 fully saturated rings. The highest BCUT2D eigenvalue weighted by molar-refractivity contribution is 5.74. The molecule has 1 aliphatic carbocycles. The fraction of sp³-hybridized carbons (Fsp3) is 0.579. The molecule has 1 atom stereocenters. The van der Waals surface area contributed by atoms with Gasteiger partial charge in [0.15, 0.2) is 0 Å². The summed E-state index contributed by atoms with van der Waals surface area (Å²) in [6.45, 7) is 4.54. The van der Waals surface area contributed by atoms with Crippen LogP contribution in [0, 0.1) is 6.92 Å². The highest BCUT2D eigenvalue weighted by atomic mass is 16.4. The van der Waals surface area contributed by atoms with Crippen molar-refractivity contribution in [2.45, 2.75) is 51.2 Å². The average Bonchev–Trinajstić information content (AvgIpc) is 2.57. The number of aryl methyl sites for hydroxylation is 1. The Morgan fingerprint density at radius 2 is 1.92 bits per heavy atom. The number of carbonyl (C=O) groups excluding carboxylic acids is 1. The summed E-state index contributed by atoms with van der Waals surface area (Å²) >= 11 is 0. The molecule has 144 valence electrons. The summed E-state index contributed by atoms with van der Waals surface area (Å²) in [7, 11) is 0.